The van der Waals surface area contributed by atoms with E-state index in [4.69, 9.17) is 4.98 Å². The fourth-order valence-electron chi connectivity index (χ4n) is 4.00. The van der Waals surface area contributed by atoms with Crippen LogP contribution in [0.3, 0.4) is 0 Å². The van der Waals surface area contributed by atoms with Crippen LogP contribution in [0.5, 0.6) is 0 Å². The Morgan fingerprint density at radius 1 is 1.19 bits per heavy atom. The van der Waals surface area contributed by atoms with Gasteiger partial charge in [0, 0.05) is 29.8 Å². The second-order valence-corrected chi connectivity index (χ2v) is 7.35. The minimum absolute atomic E-state index is 0.107. The zero-order chi connectivity index (χ0) is 18.3. The van der Waals surface area contributed by atoms with Crippen LogP contribution in [0.1, 0.15) is 31.8 Å². The number of nitrogens with zero attached hydrogens (tertiary/aromatic N) is 5. The number of alkyl halides is 2. The molecular weight excluding hydrogens is 336 g/mol. The van der Waals surface area contributed by atoms with Gasteiger partial charge in [0.2, 0.25) is 0 Å². The monoisotopic (exact) mass is 353 g/mol. The minimum Gasteiger partial charge on any atom is -0.255 e. The fourth-order valence-corrected chi connectivity index (χ4v) is 4.00. The largest absolute Gasteiger partial charge is 0.255 e. The Morgan fingerprint density at radius 2 is 1.96 bits per heavy atom. The number of halogens is 2. The molecule has 1 fully saturated rings. The molecule has 7 heteroatoms. The number of hydrogen-bond acceptors (Lipinski definition) is 4. The van der Waals surface area contributed by atoms with Crippen molar-refractivity contribution in [1.29, 1.82) is 0 Å². The van der Waals surface area contributed by atoms with Gasteiger partial charge < -0.3 is 0 Å². The van der Waals surface area contributed by atoms with E-state index in [1.807, 2.05) is 45.2 Å². The molecule has 3 aromatic rings. The average molecular weight is 353 g/mol. The summed E-state index contributed by atoms with van der Waals surface area (Å²) in [5, 5.41) is 4.35. The minimum atomic E-state index is -2.64. The topological polar surface area (TPSA) is 55.4 Å². The highest BCUT2D eigenvalue weighted by atomic mass is 19.3. The van der Waals surface area contributed by atoms with Gasteiger partial charge in [-0.1, -0.05) is 0 Å². The Bertz CT molecular complexity index is 1100. The number of pyridine rings is 1. The molecule has 1 unspecified atom stereocenters. The van der Waals surface area contributed by atoms with Crippen LogP contribution in [0.15, 0.2) is 35.6 Å². The Labute approximate surface area is 148 Å². The molecule has 0 radical (unpaired) electrons. The van der Waals surface area contributed by atoms with Crippen LogP contribution < -0.4 is 0 Å². The molecule has 0 spiro atoms. The Balaban J connectivity index is 1.66. The zero-order valence-corrected chi connectivity index (χ0v) is 14.7. The third kappa shape index (κ3) is 1.94. The number of hydrogen-bond donors (Lipinski definition) is 0. The first-order valence-electron chi connectivity index (χ1n) is 8.57. The van der Waals surface area contributed by atoms with Gasteiger partial charge in [0.25, 0.3) is 5.92 Å². The third-order valence-electron chi connectivity index (χ3n) is 5.74. The van der Waals surface area contributed by atoms with Gasteiger partial charge in [-0.3, -0.25) is 4.99 Å². The van der Waals surface area contributed by atoms with Gasteiger partial charge in [0.05, 0.1) is 34.2 Å². The first kappa shape index (κ1) is 15.5. The van der Waals surface area contributed by atoms with Gasteiger partial charge >= 0.3 is 0 Å². The maximum Gasteiger partial charge on any atom is 0.252 e. The van der Waals surface area contributed by atoms with Crippen LogP contribution >= 0.6 is 0 Å². The third-order valence-corrected chi connectivity index (χ3v) is 5.74. The molecule has 3 aromatic heterocycles. The molecule has 0 bridgehead atoms. The SMILES string of the molecule is CC1=Nc2ccc(-c3ccn4nc(C)ncc34)nc2[C@@]1(C)C1CC1(F)F. The predicted octanol–water partition coefficient (Wildman–Crippen LogP) is 4.12. The summed E-state index contributed by atoms with van der Waals surface area (Å²) in [6, 6.07) is 5.66. The molecule has 2 aliphatic rings. The number of aliphatic imine (C=N–C) groups is 1. The van der Waals surface area contributed by atoms with Crippen molar-refractivity contribution in [2.75, 3.05) is 0 Å². The molecule has 4 heterocycles. The summed E-state index contributed by atoms with van der Waals surface area (Å²) in [6.45, 7) is 5.48. The van der Waals surface area contributed by atoms with Crippen molar-refractivity contribution in [1.82, 2.24) is 19.6 Å². The van der Waals surface area contributed by atoms with Crippen molar-refractivity contribution in [3.63, 3.8) is 0 Å². The first-order chi connectivity index (χ1) is 12.3. The lowest BCUT2D eigenvalue weighted by Gasteiger charge is -2.25. The lowest BCUT2D eigenvalue weighted by Crippen LogP contribution is -2.33. The number of aromatic nitrogens is 4. The summed E-state index contributed by atoms with van der Waals surface area (Å²) in [7, 11) is 0. The second-order valence-electron chi connectivity index (χ2n) is 7.35. The maximum atomic E-state index is 13.9. The molecule has 5 rings (SSSR count). The quantitative estimate of drug-likeness (QED) is 0.696. The van der Waals surface area contributed by atoms with Crippen molar-refractivity contribution >= 4 is 16.9 Å². The predicted molar refractivity (Wildman–Crippen MR) is 94.1 cm³/mol. The first-order valence-corrected chi connectivity index (χ1v) is 8.57. The van der Waals surface area contributed by atoms with Crippen LogP contribution in [0.25, 0.3) is 16.8 Å². The number of fused-ring (bicyclic) bond motifs is 2. The Morgan fingerprint density at radius 3 is 2.69 bits per heavy atom. The summed E-state index contributed by atoms with van der Waals surface area (Å²) in [5.74, 6) is -2.70. The highest BCUT2D eigenvalue weighted by Crippen LogP contribution is 2.61. The standard InChI is InChI=1S/C19H17F2N5/c1-10-18(3,16-8-19(16,20)21)17-14(23-10)5-4-13(24-17)12-6-7-26-15(12)9-22-11(2)25-26/h4-7,9,16H,8H2,1-3H3/t16?,18-/m1/s1. The van der Waals surface area contributed by atoms with E-state index >= 15 is 0 Å². The molecule has 1 aliphatic heterocycles. The lowest BCUT2D eigenvalue weighted by molar-refractivity contribution is 0.0885. The zero-order valence-electron chi connectivity index (χ0n) is 14.7. The van der Waals surface area contributed by atoms with E-state index in [2.05, 4.69) is 15.1 Å². The van der Waals surface area contributed by atoms with Crippen molar-refractivity contribution in [2.45, 2.75) is 38.5 Å². The van der Waals surface area contributed by atoms with Crippen LogP contribution in [-0.2, 0) is 5.41 Å². The summed E-state index contributed by atoms with van der Waals surface area (Å²) in [5.41, 5.74) is 3.64. The number of aryl methyl sites for hydroxylation is 1. The lowest BCUT2D eigenvalue weighted by atomic mass is 9.78. The number of rotatable bonds is 2. The molecule has 132 valence electrons. The van der Waals surface area contributed by atoms with E-state index in [9.17, 15) is 8.78 Å². The Hall–Kier alpha value is -2.70. The van der Waals surface area contributed by atoms with Crippen molar-refractivity contribution in [3.8, 4) is 11.3 Å². The molecule has 0 saturated heterocycles. The van der Waals surface area contributed by atoms with E-state index in [1.54, 1.807) is 10.7 Å². The van der Waals surface area contributed by atoms with E-state index < -0.39 is 17.3 Å². The van der Waals surface area contributed by atoms with Crippen LogP contribution in [0, 0.1) is 12.8 Å². The van der Waals surface area contributed by atoms with E-state index in [0.29, 0.717) is 22.9 Å². The molecule has 26 heavy (non-hydrogen) atoms. The van der Waals surface area contributed by atoms with Gasteiger partial charge in [-0.05, 0) is 39.0 Å². The highest BCUT2D eigenvalue weighted by Gasteiger charge is 2.68. The molecule has 0 amide bonds. The van der Waals surface area contributed by atoms with E-state index in [1.165, 1.54) is 0 Å². The highest BCUT2D eigenvalue weighted by molar-refractivity contribution is 6.00. The molecule has 1 aliphatic carbocycles. The Kier molecular flexibility index (Phi) is 2.82. The van der Waals surface area contributed by atoms with Crippen LogP contribution in [0.4, 0.5) is 14.5 Å². The summed E-state index contributed by atoms with van der Waals surface area (Å²) in [6.07, 6.45) is 3.50. The summed E-state index contributed by atoms with van der Waals surface area (Å²) >= 11 is 0. The fraction of sp³-hybridized carbons (Fsp3) is 0.368. The summed E-state index contributed by atoms with van der Waals surface area (Å²) in [4.78, 5) is 13.6. The van der Waals surface area contributed by atoms with Crippen molar-refractivity contribution in [2.24, 2.45) is 10.9 Å². The maximum absolute atomic E-state index is 13.9. The molecule has 1 saturated carbocycles. The van der Waals surface area contributed by atoms with Crippen molar-refractivity contribution in [3.05, 3.63) is 42.1 Å². The molecular formula is C19H17F2N5. The van der Waals surface area contributed by atoms with Gasteiger partial charge in [-0.15, -0.1) is 0 Å². The van der Waals surface area contributed by atoms with Gasteiger partial charge in [-0.2, -0.15) is 5.10 Å². The van der Waals surface area contributed by atoms with Gasteiger partial charge in [0.1, 0.15) is 5.82 Å². The molecule has 5 nitrogen and oxygen atoms in total. The molecule has 2 atom stereocenters. The van der Waals surface area contributed by atoms with Crippen LogP contribution in [0.2, 0.25) is 0 Å². The normalized spacial score (nSPS) is 26.0. The van der Waals surface area contributed by atoms with E-state index in [0.717, 1.165) is 16.8 Å². The van der Waals surface area contributed by atoms with Gasteiger partial charge in [0.15, 0.2) is 0 Å². The van der Waals surface area contributed by atoms with Crippen molar-refractivity contribution < 1.29 is 8.78 Å². The molecule has 0 N–H and O–H groups in total. The average Bonchev–Trinajstić information content (AvgIpc) is 2.96. The molecule has 0 aromatic carbocycles. The second kappa shape index (κ2) is 4.72. The van der Waals surface area contributed by atoms with Gasteiger partial charge in [-0.25, -0.2) is 23.3 Å². The van der Waals surface area contributed by atoms with Crippen LogP contribution in [-0.4, -0.2) is 31.2 Å². The smallest absolute Gasteiger partial charge is 0.252 e. The van der Waals surface area contributed by atoms with E-state index in [-0.39, 0.29) is 6.42 Å². The summed E-state index contributed by atoms with van der Waals surface area (Å²) < 4.78 is 29.5.